The summed E-state index contributed by atoms with van der Waals surface area (Å²) in [6, 6.07) is 17.6. The first-order chi connectivity index (χ1) is 51.4. The van der Waals surface area contributed by atoms with Gasteiger partial charge in [-0.1, -0.05) is 17.8 Å². The predicted molar refractivity (Wildman–Crippen MR) is 419 cm³/mol. The number of carboxylic acids is 1. The number of nitrogens with two attached hydrogens (primary N) is 1. The maximum absolute atomic E-state index is 12.5. The minimum atomic E-state index is -3.83. The highest BCUT2D eigenvalue weighted by Gasteiger charge is 2.31. The number of aromatic nitrogens is 16. The number of nitrogens with zero attached hydrogens (tertiary/aromatic N) is 13. The van der Waals surface area contributed by atoms with Gasteiger partial charge in [-0.3, -0.25) is 25.2 Å². The van der Waals surface area contributed by atoms with Crippen LogP contribution in [0.4, 0.5) is 52.5 Å². The molecule has 12 heterocycles. The Morgan fingerprint density at radius 3 is 1.36 bits per heavy atom. The molecule has 11 aromatic heterocycles. The van der Waals surface area contributed by atoms with E-state index in [0.29, 0.717) is 96.7 Å². The second kappa shape index (κ2) is 31.8. The number of carbonyl (C=O) groups excluding carboxylic acids is 1. The van der Waals surface area contributed by atoms with Crippen molar-refractivity contribution in [1.82, 2.24) is 90.7 Å². The number of H-pyrrole nitrogens is 4. The number of hydrogen-bond donors (Lipinski definition) is 13. The molecule has 1 saturated heterocycles. The summed E-state index contributed by atoms with van der Waals surface area (Å²) in [5.41, 5.74) is 5.05. The van der Waals surface area contributed by atoms with Crippen LogP contribution in [-0.4, -0.2) is 146 Å². The number of thiophene rings is 3. The molecule has 107 heavy (non-hydrogen) atoms. The SMILES string of the molecule is C#Cc1cnc(-c2ccc(C(C)(C)O)s2)nc1Nc1cc(C2CC2)[nH]n1.C#Cc1cnc(-c2ccc(S(=O)(=O)NCCNC(C)=O)s2)nc1Nc1cc(C2CC2)[nH]n1.C#Cc1cnc(N2CCCC2)nc1Nc1cc(C2CC2)[nH]n1.NS(=O)(=O)c1ccc(-c2ncc(C(=O)O)c(Nc3cc(C4CC4)[nH]n3)n2)s1.[HH].[HH].[HH].[HH].[HH].[HH]. The highest BCUT2D eigenvalue weighted by atomic mass is 32.3. The third-order valence-corrected chi connectivity index (χ3v) is 24.0. The molecule has 0 aromatic carbocycles. The summed E-state index contributed by atoms with van der Waals surface area (Å²) in [6.45, 7) is 7.18. The molecule has 0 bridgehead atoms. The van der Waals surface area contributed by atoms with E-state index in [-0.39, 0.29) is 53.2 Å². The zero-order chi connectivity index (χ0) is 75.2. The number of nitrogens with one attached hydrogen (secondary N) is 10. The normalized spacial score (nSPS) is 14.7. The lowest BCUT2D eigenvalue weighted by Crippen LogP contribution is -2.33. The predicted octanol–water partition coefficient (Wildman–Crippen LogP) is 11.5. The van der Waals surface area contributed by atoms with Crippen LogP contribution < -0.4 is 41.3 Å². The Morgan fingerprint density at radius 1 is 0.570 bits per heavy atom. The van der Waals surface area contributed by atoms with E-state index < -0.39 is 31.6 Å². The molecule has 4 saturated carbocycles. The van der Waals surface area contributed by atoms with Gasteiger partial charge in [0.05, 0.1) is 43.1 Å². The molecule has 562 valence electrons. The van der Waals surface area contributed by atoms with E-state index in [2.05, 4.69) is 135 Å². The highest BCUT2D eigenvalue weighted by molar-refractivity contribution is 7.91. The summed E-state index contributed by atoms with van der Waals surface area (Å²) in [7, 11) is -7.55. The van der Waals surface area contributed by atoms with E-state index in [1.807, 2.05) is 36.4 Å². The van der Waals surface area contributed by atoms with Gasteiger partial charge in [0.1, 0.15) is 19.8 Å². The summed E-state index contributed by atoms with van der Waals surface area (Å²) in [5, 5.41) is 68.7. The number of amides is 1. The molecular formula is C70H84N24O8S5. The van der Waals surface area contributed by atoms with Gasteiger partial charge in [-0.15, -0.1) is 53.3 Å². The molecule has 14 N–H and O–H groups in total. The van der Waals surface area contributed by atoms with Gasteiger partial charge in [0.25, 0.3) is 0 Å². The maximum atomic E-state index is 12.5. The average molecular weight is 1550 g/mol. The minimum Gasteiger partial charge on any atom is -0.477 e. The number of sulfonamides is 2. The van der Waals surface area contributed by atoms with Crippen molar-refractivity contribution in [2.45, 2.75) is 123 Å². The lowest BCUT2D eigenvalue weighted by atomic mass is 10.1. The highest BCUT2D eigenvalue weighted by Crippen LogP contribution is 2.43. The molecule has 11 aromatic rings. The quantitative estimate of drug-likeness (QED) is 0.0197. The third-order valence-electron chi connectivity index (χ3n) is 17.0. The number of anilines is 9. The first-order valence-electron chi connectivity index (χ1n) is 33.9. The number of terminal acetylenes is 3. The van der Waals surface area contributed by atoms with Crippen LogP contribution in [-0.2, 0) is 30.4 Å². The fraction of sp³-hybridized carbons (Fsp3) is 0.314. The topological polar surface area (TPSA) is 462 Å². The van der Waals surface area contributed by atoms with E-state index in [1.165, 1.54) is 86.9 Å². The fourth-order valence-electron chi connectivity index (χ4n) is 10.8. The molecule has 0 atom stereocenters. The fourth-order valence-corrected chi connectivity index (χ4v) is 15.7. The number of aromatic carboxylic acids is 1. The van der Waals surface area contributed by atoms with Gasteiger partial charge in [-0.25, -0.2) is 66.4 Å². The van der Waals surface area contributed by atoms with Gasteiger partial charge in [0.2, 0.25) is 31.9 Å². The lowest BCUT2D eigenvalue weighted by molar-refractivity contribution is -0.118. The molecule has 32 nitrogen and oxygen atoms in total. The van der Waals surface area contributed by atoms with E-state index in [1.54, 1.807) is 32.3 Å². The van der Waals surface area contributed by atoms with E-state index in [9.17, 15) is 36.6 Å². The number of carbonyl (C=O) groups is 2. The van der Waals surface area contributed by atoms with Crippen molar-refractivity contribution >= 4 is 118 Å². The molecule has 1 amide bonds. The van der Waals surface area contributed by atoms with Crippen molar-refractivity contribution in [2.24, 2.45) is 5.14 Å². The standard InChI is InChI=1S/C20H21N7O3S2.C19H19N5OS.C16H18N6.C15H14N6O4S2.6H2/c1-3-13-11-22-20(25-19(13)24-17-10-15(26-27-17)14-4-5-14)16-6-7-18(31-16)32(29,30)23-9-8-21-12(2)28;1-4-11-10-20-18(14-7-8-15(26-14)19(2,3)25)22-17(11)21-16-9-13(23-24-16)12-5-6-12;1-2-11-10-17-16(22-7-3-4-8-22)19-15(11)18-14-9-13(20-21-14)12-5-6-12;16-27(24,25)12-4-3-10(26-12)14-17-6-8(15(22)23)13(19-14)18-11-5-9(20-21-11)7-1-2-7;;;;;;/h1,6-7,10-11,14,23H,4-5,8-9H2,2H3,(H,21,28)(H2,22,24,25,26,27);1,7-10,12,25H,5-6H2,2-3H3,(H2,20,21,22,23,24);1,9-10,12H,3-8H2,(H2,17,18,19,20,21);3-7H,1-2H2,(H,22,23)(H2,16,24,25)(H2,17,18,19,20,21);6*1H. The summed E-state index contributed by atoms with van der Waals surface area (Å²) in [4.78, 5) is 62.3. The number of hydrogen-bond acceptors (Lipinski definition) is 27. The number of rotatable bonds is 24. The van der Waals surface area contributed by atoms with Crippen LogP contribution in [0.3, 0.4) is 0 Å². The molecule has 5 fully saturated rings. The van der Waals surface area contributed by atoms with Crippen molar-refractivity contribution in [1.29, 1.82) is 0 Å². The summed E-state index contributed by atoms with van der Waals surface area (Å²) < 4.78 is 50.4. The molecule has 0 unspecified atom stereocenters. The van der Waals surface area contributed by atoms with Crippen LogP contribution in [0.25, 0.3) is 32.1 Å². The third kappa shape index (κ3) is 19.0. The first-order valence-corrected chi connectivity index (χ1v) is 39.4. The largest absolute Gasteiger partial charge is 0.477 e. The Morgan fingerprint density at radius 2 is 0.963 bits per heavy atom. The second-order valence-corrected chi connectivity index (χ2v) is 33.1. The Labute approximate surface area is 635 Å². The van der Waals surface area contributed by atoms with Gasteiger partial charge in [-0.2, -0.15) is 25.4 Å². The summed E-state index contributed by atoms with van der Waals surface area (Å²) in [6.07, 6.45) is 34.5. The van der Waals surface area contributed by atoms with E-state index >= 15 is 0 Å². The molecule has 5 aliphatic rings. The van der Waals surface area contributed by atoms with E-state index in [0.717, 1.165) is 106 Å². The zero-order valence-electron chi connectivity index (χ0n) is 57.8. The van der Waals surface area contributed by atoms with Gasteiger partial charge < -0.3 is 41.7 Å². The van der Waals surface area contributed by atoms with Crippen LogP contribution in [0.1, 0.15) is 172 Å². The monoisotopic (exact) mass is 1550 g/mol. The van der Waals surface area contributed by atoms with Gasteiger partial charge in [-0.05, 0) is 114 Å². The lowest BCUT2D eigenvalue weighted by Gasteiger charge is -2.16. The zero-order valence-corrected chi connectivity index (χ0v) is 61.9. The Balaban J connectivity index is 0.000000207. The van der Waals surface area contributed by atoms with Crippen LogP contribution >= 0.6 is 34.0 Å². The van der Waals surface area contributed by atoms with Gasteiger partial charge in [0.15, 0.2) is 58.2 Å². The smallest absolute Gasteiger partial charge is 0.341 e. The van der Waals surface area contributed by atoms with Crippen molar-refractivity contribution in [3.05, 3.63) is 135 Å². The minimum absolute atomic E-state index is 0. The summed E-state index contributed by atoms with van der Waals surface area (Å²) in [5.74, 6) is 14.6. The van der Waals surface area contributed by atoms with Crippen molar-refractivity contribution in [2.75, 3.05) is 52.3 Å². The van der Waals surface area contributed by atoms with E-state index in [4.69, 9.17) is 24.4 Å². The van der Waals surface area contributed by atoms with Crippen molar-refractivity contribution < 1.29 is 45.2 Å². The molecule has 0 radical (unpaired) electrons. The van der Waals surface area contributed by atoms with Gasteiger partial charge in [0, 0.05) is 136 Å². The van der Waals surface area contributed by atoms with Gasteiger partial charge >= 0.3 is 5.97 Å². The molecule has 1 aliphatic heterocycles. The van der Waals surface area contributed by atoms with Crippen LogP contribution in [0, 0.1) is 37.0 Å². The average Bonchev–Trinajstić information content (AvgIpc) is 1.29. The number of aliphatic hydroxyl groups is 1. The second-order valence-electron chi connectivity index (χ2n) is 26.0. The number of primary sulfonamides is 1. The van der Waals surface area contributed by atoms with Crippen LogP contribution in [0.15, 0.2) is 93.9 Å². The molecule has 4 aliphatic carbocycles. The Kier molecular flexibility index (Phi) is 22.0. The number of carboxylic acid groups (broad SMARTS) is 1. The van der Waals surface area contributed by atoms with Crippen molar-refractivity contribution in [3.63, 3.8) is 0 Å². The first kappa shape index (κ1) is 74.0. The maximum Gasteiger partial charge on any atom is 0.341 e. The molecule has 37 heteroatoms. The molecular weight excluding hydrogens is 1470 g/mol. The van der Waals surface area contributed by atoms with Crippen LogP contribution in [0.2, 0.25) is 0 Å². The Bertz CT molecular complexity index is 5490. The Hall–Kier alpha value is -11.3. The van der Waals surface area contributed by atoms with Crippen molar-refractivity contribution in [3.8, 4) is 69.1 Å². The van der Waals surface area contributed by atoms with Crippen LogP contribution in [0.5, 0.6) is 0 Å². The number of aromatic amines is 4. The molecule has 0 spiro atoms. The molecule has 16 rings (SSSR count). The summed E-state index contributed by atoms with van der Waals surface area (Å²) >= 11 is 3.40.